The van der Waals surface area contributed by atoms with Crippen molar-refractivity contribution in [2.24, 2.45) is 4.99 Å². The molecule has 1 aromatic carbocycles. The van der Waals surface area contributed by atoms with Crippen LogP contribution < -0.4 is 16.0 Å². The van der Waals surface area contributed by atoms with Gasteiger partial charge in [-0.3, -0.25) is 9.79 Å². The highest BCUT2D eigenvalue weighted by Crippen LogP contribution is 2.16. The summed E-state index contributed by atoms with van der Waals surface area (Å²) < 4.78 is 0. The largest absolute Gasteiger partial charge is 0.357 e. The first-order valence-corrected chi connectivity index (χ1v) is 10.2. The van der Waals surface area contributed by atoms with Crippen LogP contribution in [0.5, 0.6) is 0 Å². The molecule has 0 saturated heterocycles. The second kappa shape index (κ2) is 10.7. The zero-order valence-corrected chi connectivity index (χ0v) is 17.5. The SMILES string of the molecule is CCNC(=NCCc1ccc(NC(C)=O)cc1)NC(C)Cc1ccc(C)s1. The van der Waals surface area contributed by atoms with Gasteiger partial charge in [-0.1, -0.05) is 12.1 Å². The molecule has 2 rings (SSSR count). The van der Waals surface area contributed by atoms with Gasteiger partial charge in [0.1, 0.15) is 0 Å². The van der Waals surface area contributed by atoms with E-state index < -0.39 is 0 Å². The Morgan fingerprint density at radius 1 is 1.19 bits per heavy atom. The van der Waals surface area contributed by atoms with E-state index in [1.165, 1.54) is 22.2 Å². The van der Waals surface area contributed by atoms with Gasteiger partial charge in [0.15, 0.2) is 5.96 Å². The van der Waals surface area contributed by atoms with Gasteiger partial charge in [0.2, 0.25) is 5.91 Å². The number of benzene rings is 1. The monoisotopic (exact) mass is 386 g/mol. The van der Waals surface area contributed by atoms with Crippen molar-refractivity contribution in [1.82, 2.24) is 10.6 Å². The number of aryl methyl sites for hydroxylation is 1. The first kappa shape index (κ1) is 21.0. The fourth-order valence-electron chi connectivity index (χ4n) is 2.76. The van der Waals surface area contributed by atoms with E-state index in [1.807, 2.05) is 35.6 Å². The molecular weight excluding hydrogens is 356 g/mol. The van der Waals surface area contributed by atoms with E-state index in [4.69, 9.17) is 4.99 Å². The van der Waals surface area contributed by atoms with Gasteiger partial charge in [-0.25, -0.2) is 0 Å². The Bertz CT molecular complexity index is 752. The third-order valence-corrected chi connectivity index (χ3v) is 5.00. The van der Waals surface area contributed by atoms with Crippen molar-refractivity contribution in [3.63, 3.8) is 0 Å². The first-order chi connectivity index (χ1) is 13.0. The first-order valence-electron chi connectivity index (χ1n) is 9.43. The van der Waals surface area contributed by atoms with E-state index in [2.05, 4.69) is 48.9 Å². The van der Waals surface area contributed by atoms with Crippen LogP contribution in [0.1, 0.15) is 36.1 Å². The molecule has 0 aliphatic carbocycles. The Morgan fingerprint density at radius 3 is 2.52 bits per heavy atom. The number of anilines is 1. The number of carbonyl (C=O) groups excluding carboxylic acids is 1. The molecule has 2 aromatic rings. The summed E-state index contributed by atoms with van der Waals surface area (Å²) in [5, 5.41) is 9.59. The zero-order valence-electron chi connectivity index (χ0n) is 16.6. The van der Waals surface area contributed by atoms with Crippen molar-refractivity contribution >= 4 is 28.9 Å². The summed E-state index contributed by atoms with van der Waals surface area (Å²) >= 11 is 1.85. The molecule has 3 N–H and O–H groups in total. The number of hydrogen-bond donors (Lipinski definition) is 3. The third-order valence-electron chi connectivity index (χ3n) is 3.98. The molecule has 6 heteroatoms. The quantitative estimate of drug-likeness (QED) is 0.478. The molecule has 0 saturated carbocycles. The van der Waals surface area contributed by atoms with Gasteiger partial charge < -0.3 is 16.0 Å². The molecule has 0 spiro atoms. The van der Waals surface area contributed by atoms with Crippen LogP contribution in [-0.2, 0) is 17.6 Å². The Kier molecular flexibility index (Phi) is 8.33. The van der Waals surface area contributed by atoms with E-state index in [-0.39, 0.29) is 5.91 Å². The van der Waals surface area contributed by atoms with E-state index in [1.54, 1.807) is 0 Å². The van der Waals surface area contributed by atoms with Crippen molar-refractivity contribution in [3.8, 4) is 0 Å². The van der Waals surface area contributed by atoms with Crippen molar-refractivity contribution in [1.29, 1.82) is 0 Å². The maximum atomic E-state index is 11.1. The van der Waals surface area contributed by atoms with Crippen LogP contribution in [0.4, 0.5) is 5.69 Å². The predicted molar refractivity (Wildman–Crippen MR) is 116 cm³/mol. The summed E-state index contributed by atoms with van der Waals surface area (Å²) in [4.78, 5) is 18.5. The van der Waals surface area contributed by atoms with Crippen LogP contribution in [0.25, 0.3) is 0 Å². The molecule has 146 valence electrons. The lowest BCUT2D eigenvalue weighted by Gasteiger charge is -2.17. The summed E-state index contributed by atoms with van der Waals surface area (Å²) in [5.41, 5.74) is 2.02. The molecule has 0 radical (unpaired) electrons. The highest BCUT2D eigenvalue weighted by Gasteiger charge is 2.07. The van der Waals surface area contributed by atoms with Crippen LogP contribution in [0.2, 0.25) is 0 Å². The van der Waals surface area contributed by atoms with Crippen molar-refractivity contribution in [2.75, 3.05) is 18.4 Å². The predicted octanol–water partition coefficient (Wildman–Crippen LogP) is 3.74. The number of carbonyl (C=O) groups is 1. The van der Waals surface area contributed by atoms with Crippen molar-refractivity contribution < 1.29 is 4.79 Å². The molecular formula is C21H30N4OS. The molecule has 1 atom stereocenters. The number of hydrogen-bond acceptors (Lipinski definition) is 3. The summed E-state index contributed by atoms with van der Waals surface area (Å²) in [7, 11) is 0. The van der Waals surface area contributed by atoms with Crippen LogP contribution >= 0.6 is 11.3 Å². The Labute approximate surface area is 166 Å². The molecule has 0 fully saturated rings. The molecule has 0 bridgehead atoms. The molecule has 1 heterocycles. The van der Waals surface area contributed by atoms with Crippen molar-refractivity contribution in [2.45, 2.75) is 46.6 Å². The molecule has 5 nitrogen and oxygen atoms in total. The molecule has 1 unspecified atom stereocenters. The number of nitrogens with zero attached hydrogens (tertiary/aromatic N) is 1. The number of amides is 1. The molecule has 0 aliphatic heterocycles. The van der Waals surface area contributed by atoms with Gasteiger partial charge in [-0.2, -0.15) is 0 Å². The maximum absolute atomic E-state index is 11.1. The van der Waals surface area contributed by atoms with Crippen LogP contribution in [-0.4, -0.2) is 31.0 Å². The lowest BCUT2D eigenvalue weighted by Crippen LogP contribution is -2.43. The summed E-state index contributed by atoms with van der Waals surface area (Å²) in [6, 6.07) is 12.6. The highest BCUT2D eigenvalue weighted by molar-refractivity contribution is 7.11. The number of aliphatic imine (C=N–C) groups is 1. The number of nitrogens with one attached hydrogen (secondary N) is 3. The minimum atomic E-state index is -0.0551. The normalized spacial score (nSPS) is 12.5. The summed E-state index contributed by atoms with van der Waals surface area (Å²) in [5.74, 6) is 0.800. The van der Waals surface area contributed by atoms with E-state index in [0.717, 1.165) is 31.0 Å². The topological polar surface area (TPSA) is 65.5 Å². The number of rotatable bonds is 8. The maximum Gasteiger partial charge on any atom is 0.221 e. The average molecular weight is 387 g/mol. The second-order valence-corrected chi connectivity index (χ2v) is 8.02. The summed E-state index contributed by atoms with van der Waals surface area (Å²) in [6.07, 6.45) is 1.85. The van der Waals surface area contributed by atoms with E-state index in [0.29, 0.717) is 12.6 Å². The van der Waals surface area contributed by atoms with Crippen LogP contribution in [0.15, 0.2) is 41.4 Å². The Morgan fingerprint density at radius 2 is 1.93 bits per heavy atom. The number of thiophene rings is 1. The average Bonchev–Trinajstić information content (AvgIpc) is 3.00. The van der Waals surface area contributed by atoms with Gasteiger partial charge in [-0.05, 0) is 57.0 Å². The number of guanidine groups is 1. The fraction of sp³-hybridized carbons (Fsp3) is 0.429. The van der Waals surface area contributed by atoms with Gasteiger partial charge in [0.05, 0.1) is 0 Å². The minimum Gasteiger partial charge on any atom is -0.357 e. The van der Waals surface area contributed by atoms with E-state index >= 15 is 0 Å². The van der Waals surface area contributed by atoms with Crippen LogP contribution in [0, 0.1) is 6.92 Å². The molecule has 1 aromatic heterocycles. The van der Waals surface area contributed by atoms with Crippen LogP contribution in [0.3, 0.4) is 0 Å². The Hall–Kier alpha value is -2.34. The van der Waals surface area contributed by atoms with Gasteiger partial charge in [0.25, 0.3) is 0 Å². The zero-order chi connectivity index (χ0) is 19.6. The fourth-order valence-corrected chi connectivity index (χ4v) is 3.77. The van der Waals surface area contributed by atoms with Gasteiger partial charge in [-0.15, -0.1) is 11.3 Å². The Balaban J connectivity index is 1.85. The molecule has 0 aliphatic rings. The third kappa shape index (κ3) is 7.83. The lowest BCUT2D eigenvalue weighted by molar-refractivity contribution is -0.114. The molecule has 1 amide bonds. The molecule has 27 heavy (non-hydrogen) atoms. The second-order valence-electron chi connectivity index (χ2n) is 6.65. The van der Waals surface area contributed by atoms with Crippen molar-refractivity contribution in [3.05, 3.63) is 51.7 Å². The lowest BCUT2D eigenvalue weighted by atomic mass is 10.1. The minimum absolute atomic E-state index is 0.0551. The standard InChI is InChI=1S/C21H30N4OS/c1-5-22-21(24-15(2)14-20-11-6-16(3)27-20)23-13-12-18-7-9-19(10-8-18)25-17(4)26/h6-11,15H,5,12-14H2,1-4H3,(H,25,26)(H2,22,23,24). The van der Waals surface area contributed by atoms with Gasteiger partial charge >= 0.3 is 0 Å². The highest BCUT2D eigenvalue weighted by atomic mass is 32.1. The summed E-state index contributed by atoms with van der Waals surface area (Å²) in [6.45, 7) is 9.45. The smallest absolute Gasteiger partial charge is 0.221 e. The van der Waals surface area contributed by atoms with Gasteiger partial charge in [0, 0.05) is 47.9 Å². The van der Waals surface area contributed by atoms with E-state index in [9.17, 15) is 4.79 Å².